The van der Waals surface area contributed by atoms with Crippen LogP contribution in [0.5, 0.6) is 0 Å². The summed E-state index contributed by atoms with van der Waals surface area (Å²) in [5, 5.41) is 31.6. The van der Waals surface area contributed by atoms with E-state index in [-0.39, 0.29) is 25.9 Å². The molecule has 1 saturated heterocycles. The van der Waals surface area contributed by atoms with Gasteiger partial charge in [0.25, 0.3) is 0 Å². The third kappa shape index (κ3) is 46.0. The number of carbonyl (C=O) groups is 4. The second kappa shape index (κ2) is 56.4. The van der Waals surface area contributed by atoms with Crippen molar-refractivity contribution in [1.82, 2.24) is 0 Å². The molecule has 0 aromatic rings. The van der Waals surface area contributed by atoms with E-state index in [1.54, 1.807) is 0 Å². The predicted molar refractivity (Wildman–Crippen MR) is 331 cm³/mol. The van der Waals surface area contributed by atoms with Crippen molar-refractivity contribution in [3.63, 3.8) is 0 Å². The maximum Gasteiger partial charge on any atom is 0.335 e. The molecular weight excluding hydrogens is 1020 g/mol. The predicted octanol–water partition coefficient (Wildman–Crippen LogP) is 17.5. The number of carbonyl (C=O) groups excluding carboxylic acids is 3. The van der Waals surface area contributed by atoms with Crippen LogP contribution in [0.25, 0.3) is 0 Å². The summed E-state index contributed by atoms with van der Waals surface area (Å²) >= 11 is 0. The topological polar surface area (TPSA) is 175 Å². The van der Waals surface area contributed by atoms with E-state index in [9.17, 15) is 34.5 Å². The van der Waals surface area contributed by atoms with Crippen molar-refractivity contribution < 1.29 is 58.2 Å². The highest BCUT2D eigenvalue weighted by molar-refractivity contribution is 5.74. The molecule has 0 aromatic heterocycles. The summed E-state index contributed by atoms with van der Waals surface area (Å²) in [7, 11) is 0. The number of aliphatic carboxylic acids is 1. The summed E-state index contributed by atoms with van der Waals surface area (Å²) in [5.41, 5.74) is 0. The molecule has 1 fully saturated rings. The molecule has 0 saturated carbocycles. The Balaban J connectivity index is 2.70. The molecule has 464 valence electrons. The van der Waals surface area contributed by atoms with Gasteiger partial charge >= 0.3 is 23.9 Å². The minimum absolute atomic E-state index is 0.0537. The van der Waals surface area contributed by atoms with Crippen LogP contribution < -0.4 is 0 Å². The molecule has 0 radical (unpaired) electrons. The highest BCUT2D eigenvalue weighted by Gasteiger charge is 2.50. The molecular formula is C69H116O12. The van der Waals surface area contributed by atoms with Crippen LogP contribution in [0, 0.1) is 0 Å². The number of hydrogen-bond donors (Lipinski definition) is 3. The van der Waals surface area contributed by atoms with Gasteiger partial charge in [-0.05, 0) is 83.5 Å². The minimum atomic E-state index is -1.91. The van der Waals surface area contributed by atoms with E-state index in [4.69, 9.17) is 23.7 Å². The molecule has 1 aliphatic rings. The van der Waals surface area contributed by atoms with E-state index in [1.807, 2.05) is 12.2 Å². The maximum atomic E-state index is 13.2. The van der Waals surface area contributed by atoms with Crippen molar-refractivity contribution in [1.29, 1.82) is 0 Å². The van der Waals surface area contributed by atoms with Gasteiger partial charge in [-0.15, -0.1) is 0 Å². The van der Waals surface area contributed by atoms with E-state index in [2.05, 4.69) is 93.7 Å². The van der Waals surface area contributed by atoms with Gasteiger partial charge in [-0.2, -0.15) is 0 Å². The van der Waals surface area contributed by atoms with Crippen LogP contribution in [0.1, 0.15) is 278 Å². The van der Waals surface area contributed by atoms with E-state index >= 15 is 0 Å². The second-order valence-corrected chi connectivity index (χ2v) is 22.0. The van der Waals surface area contributed by atoms with Gasteiger partial charge in [-0.25, -0.2) is 4.79 Å². The lowest BCUT2D eigenvalue weighted by Gasteiger charge is -2.40. The lowest BCUT2D eigenvalue weighted by Crippen LogP contribution is -2.61. The summed E-state index contributed by atoms with van der Waals surface area (Å²) < 4.78 is 28.4. The number of esters is 3. The molecule has 0 aliphatic carbocycles. The number of unbranched alkanes of at least 4 members (excludes halogenated alkanes) is 27. The van der Waals surface area contributed by atoms with Crippen molar-refractivity contribution in [3.8, 4) is 0 Å². The third-order valence-electron chi connectivity index (χ3n) is 14.5. The molecule has 0 aromatic carbocycles. The summed E-state index contributed by atoms with van der Waals surface area (Å²) in [6, 6.07) is 0. The normalized spacial score (nSPS) is 18.3. The van der Waals surface area contributed by atoms with Crippen LogP contribution in [0.4, 0.5) is 0 Å². The first-order valence-electron chi connectivity index (χ1n) is 32.6. The third-order valence-corrected chi connectivity index (χ3v) is 14.5. The van der Waals surface area contributed by atoms with Gasteiger partial charge in [0.15, 0.2) is 24.6 Å². The van der Waals surface area contributed by atoms with Crippen molar-refractivity contribution in [2.45, 2.75) is 314 Å². The zero-order valence-electron chi connectivity index (χ0n) is 51.3. The Bertz CT molecular complexity index is 1730. The Hall–Kier alpha value is -4.10. The van der Waals surface area contributed by atoms with Crippen molar-refractivity contribution in [2.75, 3.05) is 13.2 Å². The summed E-state index contributed by atoms with van der Waals surface area (Å²) in [6.07, 6.45) is 61.3. The molecule has 0 spiro atoms. The van der Waals surface area contributed by atoms with Crippen LogP contribution in [0.15, 0.2) is 85.1 Å². The average Bonchev–Trinajstić information content (AvgIpc) is 3.53. The second-order valence-electron chi connectivity index (χ2n) is 22.0. The highest BCUT2D eigenvalue weighted by Crippen LogP contribution is 2.27. The lowest BCUT2D eigenvalue weighted by molar-refractivity contribution is -0.301. The van der Waals surface area contributed by atoms with Gasteiger partial charge in [0.2, 0.25) is 0 Å². The molecule has 0 amide bonds. The molecule has 6 unspecified atom stereocenters. The van der Waals surface area contributed by atoms with Crippen LogP contribution in [0.2, 0.25) is 0 Å². The van der Waals surface area contributed by atoms with Crippen molar-refractivity contribution >= 4 is 23.9 Å². The standard InChI is InChI=1S/C69H116O12/c1-4-7-10-13-16-19-22-25-28-30-31-33-35-37-40-43-46-49-52-55-61(70)77-58-60(79-62(71)56-53-50-47-44-41-38-34-27-24-21-18-15-12-9-6-3)59-78-69-67(65(74)64(73)66(81-69)68(75)76)80-63(72)57-54-51-48-45-42-39-36-32-29-26-23-20-17-14-11-8-5-2/h7,10,16,19,25,27-28,31,33-34,37,40,46,49,60,64-67,69,73-74H,4-6,8-9,11-15,17-18,20-24,26,29-30,32,35-36,38-39,41-45,47-48,50-59H2,1-3H3,(H,75,76)/b10-7-,19-16-,28-25-,33-31-,34-27-,40-37-,49-46-. The fourth-order valence-electron chi connectivity index (χ4n) is 9.51. The quantitative estimate of drug-likeness (QED) is 0.0228. The number of allylic oxidation sites excluding steroid dienone is 14. The maximum absolute atomic E-state index is 13.2. The van der Waals surface area contributed by atoms with E-state index < -0.39 is 67.3 Å². The van der Waals surface area contributed by atoms with Crippen LogP contribution in [-0.2, 0) is 42.9 Å². The molecule has 12 heteroatoms. The number of carboxylic acid groups (broad SMARTS) is 1. The van der Waals surface area contributed by atoms with Gasteiger partial charge in [0, 0.05) is 19.3 Å². The fraction of sp³-hybridized carbons (Fsp3) is 0.739. The molecule has 12 nitrogen and oxygen atoms in total. The first kappa shape index (κ1) is 74.9. The fourth-order valence-corrected chi connectivity index (χ4v) is 9.51. The van der Waals surface area contributed by atoms with Gasteiger partial charge in [0.1, 0.15) is 18.8 Å². The van der Waals surface area contributed by atoms with E-state index in [0.29, 0.717) is 19.3 Å². The monoisotopic (exact) mass is 1140 g/mol. The number of rotatable bonds is 55. The van der Waals surface area contributed by atoms with Crippen LogP contribution >= 0.6 is 0 Å². The minimum Gasteiger partial charge on any atom is -0.479 e. The number of carboxylic acids is 1. The molecule has 81 heavy (non-hydrogen) atoms. The first-order chi connectivity index (χ1) is 39.6. The van der Waals surface area contributed by atoms with Gasteiger partial charge in [0.05, 0.1) is 6.61 Å². The van der Waals surface area contributed by atoms with Crippen LogP contribution in [-0.4, -0.2) is 89.2 Å². The molecule has 0 bridgehead atoms. The molecule has 1 heterocycles. The zero-order chi connectivity index (χ0) is 58.9. The smallest absolute Gasteiger partial charge is 0.335 e. The first-order valence-corrected chi connectivity index (χ1v) is 32.6. The highest BCUT2D eigenvalue weighted by atomic mass is 16.7. The SMILES string of the molecule is CC/C=C\C/C=C\C/C=C\C/C=C\C/C=C\C/C=C\CCC(=O)OCC(COC1OC(C(=O)O)C(O)C(O)C1OC(=O)CCCCCCCCCCCCCCCCCCC)OC(=O)CCCCCCC/C=C\CCCCCCCC. The van der Waals surface area contributed by atoms with Crippen molar-refractivity contribution in [2.24, 2.45) is 0 Å². The Morgan fingerprint density at radius 3 is 1.23 bits per heavy atom. The van der Waals surface area contributed by atoms with E-state index in [1.165, 1.54) is 116 Å². The summed E-state index contributed by atoms with van der Waals surface area (Å²) in [5.74, 6) is -3.23. The zero-order valence-corrected chi connectivity index (χ0v) is 51.3. The van der Waals surface area contributed by atoms with E-state index in [0.717, 1.165) is 103 Å². The molecule has 1 rings (SSSR count). The largest absolute Gasteiger partial charge is 0.479 e. The Morgan fingerprint density at radius 1 is 0.420 bits per heavy atom. The van der Waals surface area contributed by atoms with Crippen LogP contribution in [0.3, 0.4) is 0 Å². The number of aliphatic hydroxyl groups is 2. The summed E-state index contributed by atoms with van der Waals surface area (Å²) in [4.78, 5) is 51.3. The molecule has 1 aliphatic heterocycles. The lowest BCUT2D eigenvalue weighted by atomic mass is 9.98. The number of ether oxygens (including phenoxy) is 5. The number of aliphatic hydroxyl groups excluding tert-OH is 2. The molecule has 3 N–H and O–H groups in total. The Kier molecular flexibility index (Phi) is 52.1. The Morgan fingerprint density at radius 2 is 0.802 bits per heavy atom. The average molecular weight is 1140 g/mol. The number of hydrogen-bond acceptors (Lipinski definition) is 11. The van der Waals surface area contributed by atoms with Crippen molar-refractivity contribution in [3.05, 3.63) is 85.1 Å². The summed E-state index contributed by atoms with van der Waals surface area (Å²) in [6.45, 7) is 5.83. The van der Waals surface area contributed by atoms with Gasteiger partial charge in [-0.3, -0.25) is 14.4 Å². The van der Waals surface area contributed by atoms with Gasteiger partial charge in [-0.1, -0.05) is 260 Å². The van der Waals surface area contributed by atoms with Gasteiger partial charge < -0.3 is 39.0 Å². The Labute approximate surface area is 492 Å². The molecule has 6 atom stereocenters.